The van der Waals surface area contributed by atoms with Crippen molar-refractivity contribution < 1.29 is 9.21 Å². The van der Waals surface area contributed by atoms with Crippen molar-refractivity contribution in [2.75, 3.05) is 0 Å². The van der Waals surface area contributed by atoms with Gasteiger partial charge in [0.15, 0.2) is 0 Å². The summed E-state index contributed by atoms with van der Waals surface area (Å²) >= 11 is 0. The first-order valence-corrected chi connectivity index (χ1v) is 8.65. The number of furan rings is 1. The molecule has 23 heavy (non-hydrogen) atoms. The highest BCUT2D eigenvalue weighted by Crippen LogP contribution is 2.29. The summed E-state index contributed by atoms with van der Waals surface area (Å²) in [5, 5.41) is 0. The topological polar surface area (TPSA) is 33.5 Å². The molecular formula is C20H25NO2. The van der Waals surface area contributed by atoms with E-state index < -0.39 is 0 Å². The molecule has 0 saturated heterocycles. The Morgan fingerprint density at radius 1 is 1.04 bits per heavy atom. The summed E-state index contributed by atoms with van der Waals surface area (Å²) in [6.45, 7) is 1.19. The summed E-state index contributed by atoms with van der Waals surface area (Å²) in [5.74, 6) is 1.83. The van der Waals surface area contributed by atoms with Gasteiger partial charge in [-0.15, -0.1) is 0 Å². The standard InChI is InChI=1S/C20H25NO2/c22-20(13-12-17-7-4-5-8-17)21(16-19-11-6-14-23-19)15-18-9-2-1-3-10-18/h1-3,6,9-11,14,17H,4-5,7-8,12-13,15-16H2. The van der Waals surface area contributed by atoms with E-state index in [0.717, 1.165) is 23.7 Å². The molecule has 1 fully saturated rings. The van der Waals surface area contributed by atoms with Gasteiger partial charge < -0.3 is 9.32 Å². The molecule has 1 amide bonds. The van der Waals surface area contributed by atoms with Crippen molar-refractivity contribution in [3.05, 3.63) is 60.1 Å². The quantitative estimate of drug-likeness (QED) is 0.737. The number of hydrogen-bond acceptors (Lipinski definition) is 2. The third kappa shape index (κ3) is 4.72. The second-order valence-corrected chi connectivity index (χ2v) is 6.50. The number of hydrogen-bond donors (Lipinski definition) is 0. The number of carbonyl (C=O) groups excluding carboxylic acids is 1. The fraction of sp³-hybridized carbons (Fsp3) is 0.450. The molecule has 0 N–H and O–H groups in total. The van der Waals surface area contributed by atoms with Gasteiger partial charge in [-0.25, -0.2) is 0 Å². The van der Waals surface area contributed by atoms with E-state index in [-0.39, 0.29) is 5.91 Å². The number of rotatable bonds is 7. The number of carbonyl (C=O) groups is 1. The van der Waals surface area contributed by atoms with Gasteiger partial charge in [0.25, 0.3) is 0 Å². The highest BCUT2D eigenvalue weighted by atomic mass is 16.3. The molecule has 1 heterocycles. The van der Waals surface area contributed by atoms with Crippen LogP contribution in [0.2, 0.25) is 0 Å². The van der Waals surface area contributed by atoms with Gasteiger partial charge in [0.05, 0.1) is 12.8 Å². The molecule has 122 valence electrons. The van der Waals surface area contributed by atoms with E-state index in [1.807, 2.05) is 35.2 Å². The average molecular weight is 311 g/mol. The Labute approximate surface area is 138 Å². The van der Waals surface area contributed by atoms with Gasteiger partial charge in [0, 0.05) is 13.0 Å². The maximum atomic E-state index is 12.7. The maximum Gasteiger partial charge on any atom is 0.223 e. The molecule has 0 unspecified atom stereocenters. The average Bonchev–Trinajstić information content (AvgIpc) is 3.26. The monoisotopic (exact) mass is 311 g/mol. The molecular weight excluding hydrogens is 286 g/mol. The van der Waals surface area contributed by atoms with Gasteiger partial charge in [-0.3, -0.25) is 4.79 Å². The van der Waals surface area contributed by atoms with Crippen LogP contribution in [-0.4, -0.2) is 10.8 Å². The molecule has 1 aromatic carbocycles. The molecule has 1 saturated carbocycles. The minimum Gasteiger partial charge on any atom is -0.467 e. The highest BCUT2D eigenvalue weighted by molar-refractivity contribution is 5.76. The lowest BCUT2D eigenvalue weighted by Gasteiger charge is -2.22. The van der Waals surface area contributed by atoms with Crippen LogP contribution in [0.15, 0.2) is 53.1 Å². The van der Waals surface area contributed by atoms with Gasteiger partial charge in [-0.1, -0.05) is 56.0 Å². The molecule has 0 aliphatic heterocycles. The van der Waals surface area contributed by atoms with E-state index in [2.05, 4.69) is 12.1 Å². The summed E-state index contributed by atoms with van der Waals surface area (Å²) in [6.07, 6.45) is 8.60. The Morgan fingerprint density at radius 2 is 1.83 bits per heavy atom. The fourth-order valence-electron chi connectivity index (χ4n) is 3.41. The van der Waals surface area contributed by atoms with Crippen LogP contribution >= 0.6 is 0 Å². The fourth-order valence-corrected chi connectivity index (χ4v) is 3.41. The number of amides is 1. The first kappa shape index (κ1) is 15.9. The van der Waals surface area contributed by atoms with Crippen molar-refractivity contribution in [2.24, 2.45) is 5.92 Å². The molecule has 2 aromatic rings. The summed E-state index contributed by atoms with van der Waals surface area (Å²) in [5.41, 5.74) is 1.16. The summed E-state index contributed by atoms with van der Waals surface area (Å²) in [4.78, 5) is 14.6. The Kier molecular flexibility index (Phi) is 5.51. The summed E-state index contributed by atoms with van der Waals surface area (Å²) in [6, 6.07) is 14.0. The lowest BCUT2D eigenvalue weighted by atomic mass is 10.0. The zero-order valence-electron chi connectivity index (χ0n) is 13.6. The van der Waals surface area contributed by atoms with Crippen molar-refractivity contribution in [3.8, 4) is 0 Å². The van der Waals surface area contributed by atoms with E-state index in [1.54, 1.807) is 6.26 Å². The van der Waals surface area contributed by atoms with Crippen LogP contribution in [-0.2, 0) is 17.9 Å². The van der Waals surface area contributed by atoms with Crippen molar-refractivity contribution in [1.29, 1.82) is 0 Å². The largest absolute Gasteiger partial charge is 0.467 e. The van der Waals surface area contributed by atoms with Crippen LogP contribution in [0.1, 0.15) is 49.8 Å². The van der Waals surface area contributed by atoms with Crippen LogP contribution in [0.25, 0.3) is 0 Å². The Bertz CT molecular complexity index is 585. The van der Waals surface area contributed by atoms with Crippen molar-refractivity contribution in [3.63, 3.8) is 0 Å². The van der Waals surface area contributed by atoms with E-state index in [1.165, 1.54) is 25.7 Å². The number of benzene rings is 1. The predicted octanol–water partition coefficient (Wildman–Crippen LogP) is 4.78. The zero-order valence-corrected chi connectivity index (χ0v) is 13.6. The zero-order chi connectivity index (χ0) is 15.9. The van der Waals surface area contributed by atoms with Gasteiger partial charge in [0.1, 0.15) is 5.76 Å². The SMILES string of the molecule is O=C(CCC1CCCC1)N(Cc1ccccc1)Cc1ccco1. The normalized spacial score (nSPS) is 15.0. The van der Waals surface area contributed by atoms with Gasteiger partial charge in [-0.05, 0) is 30.0 Å². The highest BCUT2D eigenvalue weighted by Gasteiger charge is 2.20. The third-order valence-corrected chi connectivity index (χ3v) is 4.74. The second kappa shape index (κ2) is 8.00. The van der Waals surface area contributed by atoms with E-state index >= 15 is 0 Å². The Morgan fingerprint density at radius 3 is 2.52 bits per heavy atom. The van der Waals surface area contributed by atoms with Crippen LogP contribution < -0.4 is 0 Å². The molecule has 1 aliphatic carbocycles. The van der Waals surface area contributed by atoms with Gasteiger partial charge in [0.2, 0.25) is 5.91 Å². The molecule has 1 aliphatic rings. The first-order chi connectivity index (χ1) is 11.3. The molecule has 0 spiro atoms. The summed E-state index contributed by atoms with van der Waals surface area (Å²) in [7, 11) is 0. The molecule has 3 heteroatoms. The molecule has 0 radical (unpaired) electrons. The Hall–Kier alpha value is -2.03. The summed E-state index contributed by atoms with van der Waals surface area (Å²) < 4.78 is 5.44. The lowest BCUT2D eigenvalue weighted by molar-refractivity contribution is -0.133. The number of nitrogens with zero attached hydrogens (tertiary/aromatic N) is 1. The minimum atomic E-state index is 0.233. The first-order valence-electron chi connectivity index (χ1n) is 8.65. The van der Waals surface area contributed by atoms with Gasteiger partial charge >= 0.3 is 0 Å². The van der Waals surface area contributed by atoms with Crippen molar-refractivity contribution in [1.82, 2.24) is 4.90 Å². The van der Waals surface area contributed by atoms with E-state index in [9.17, 15) is 4.79 Å². The Balaban J connectivity index is 1.62. The minimum absolute atomic E-state index is 0.233. The lowest BCUT2D eigenvalue weighted by Crippen LogP contribution is -2.30. The van der Waals surface area contributed by atoms with Crippen LogP contribution in [0, 0.1) is 5.92 Å². The van der Waals surface area contributed by atoms with E-state index in [4.69, 9.17) is 4.42 Å². The molecule has 3 nitrogen and oxygen atoms in total. The molecule has 0 bridgehead atoms. The van der Waals surface area contributed by atoms with E-state index in [0.29, 0.717) is 19.5 Å². The van der Waals surface area contributed by atoms with Crippen LogP contribution in [0.3, 0.4) is 0 Å². The smallest absolute Gasteiger partial charge is 0.223 e. The van der Waals surface area contributed by atoms with Crippen LogP contribution in [0.5, 0.6) is 0 Å². The van der Waals surface area contributed by atoms with Crippen LogP contribution in [0.4, 0.5) is 0 Å². The molecule has 0 atom stereocenters. The third-order valence-electron chi connectivity index (χ3n) is 4.74. The molecule has 1 aromatic heterocycles. The maximum absolute atomic E-state index is 12.7. The molecule has 3 rings (SSSR count). The predicted molar refractivity (Wildman–Crippen MR) is 90.6 cm³/mol. The van der Waals surface area contributed by atoms with Crippen molar-refractivity contribution in [2.45, 2.75) is 51.6 Å². The van der Waals surface area contributed by atoms with Crippen molar-refractivity contribution >= 4 is 5.91 Å². The second-order valence-electron chi connectivity index (χ2n) is 6.50. The van der Waals surface area contributed by atoms with Gasteiger partial charge in [-0.2, -0.15) is 0 Å².